The summed E-state index contributed by atoms with van der Waals surface area (Å²) in [4.78, 5) is 42.6. The number of carbonyl (C=O) groups excluding carboxylic acids is 3. The van der Waals surface area contributed by atoms with Crippen molar-refractivity contribution in [1.29, 1.82) is 0 Å². The Kier molecular flexibility index (Phi) is 6.27. The highest BCUT2D eigenvalue weighted by Gasteiger charge is 2.25. The predicted molar refractivity (Wildman–Crippen MR) is 115 cm³/mol. The van der Waals surface area contributed by atoms with Gasteiger partial charge in [-0.15, -0.1) is 0 Å². The van der Waals surface area contributed by atoms with Crippen LogP contribution in [0.3, 0.4) is 0 Å². The van der Waals surface area contributed by atoms with Crippen molar-refractivity contribution in [3.63, 3.8) is 0 Å². The highest BCUT2D eigenvalue weighted by Crippen LogP contribution is 2.23. The first-order valence-electron chi connectivity index (χ1n) is 10.5. The number of hydrogen-bond donors (Lipinski definition) is 1. The first-order chi connectivity index (χ1) is 15.0. The van der Waals surface area contributed by atoms with Gasteiger partial charge >= 0.3 is 0 Å². The molecule has 0 atom stereocenters. The Bertz CT molecular complexity index is 988. The summed E-state index contributed by atoms with van der Waals surface area (Å²) in [5, 5.41) is 2.69. The summed E-state index contributed by atoms with van der Waals surface area (Å²) < 4.78 is 13.2. The number of halogens is 1. The summed E-state index contributed by atoms with van der Waals surface area (Å²) in [6.45, 7) is 3.05. The minimum Gasteiger partial charge on any atom is -0.336 e. The van der Waals surface area contributed by atoms with E-state index >= 15 is 0 Å². The van der Waals surface area contributed by atoms with Crippen LogP contribution in [0.2, 0.25) is 0 Å². The Morgan fingerprint density at radius 3 is 2.45 bits per heavy atom. The number of piperazine rings is 1. The molecule has 2 aromatic carbocycles. The lowest BCUT2D eigenvalue weighted by Gasteiger charge is -2.34. The molecule has 162 valence electrons. The molecule has 3 amide bonds. The van der Waals surface area contributed by atoms with Crippen LogP contribution in [-0.4, -0.2) is 66.8 Å². The van der Waals surface area contributed by atoms with Crippen molar-refractivity contribution >= 4 is 29.1 Å². The molecule has 8 heteroatoms. The van der Waals surface area contributed by atoms with Crippen LogP contribution in [0.1, 0.15) is 23.2 Å². The molecule has 1 N–H and O–H groups in total. The second kappa shape index (κ2) is 9.26. The molecule has 4 rings (SSSR count). The Morgan fingerprint density at radius 2 is 1.74 bits per heavy atom. The zero-order valence-electron chi connectivity index (χ0n) is 17.2. The van der Waals surface area contributed by atoms with E-state index in [1.54, 1.807) is 40.1 Å². The van der Waals surface area contributed by atoms with E-state index in [0.29, 0.717) is 50.4 Å². The van der Waals surface area contributed by atoms with Crippen molar-refractivity contribution in [2.24, 2.45) is 0 Å². The number of carbonyl (C=O) groups is 3. The van der Waals surface area contributed by atoms with E-state index in [2.05, 4.69) is 5.32 Å². The maximum Gasteiger partial charge on any atom is 0.254 e. The van der Waals surface area contributed by atoms with Gasteiger partial charge in [0, 0.05) is 56.1 Å². The lowest BCUT2D eigenvalue weighted by atomic mass is 10.1. The van der Waals surface area contributed by atoms with Crippen LogP contribution in [0, 0.1) is 5.82 Å². The Labute approximate surface area is 180 Å². The zero-order valence-corrected chi connectivity index (χ0v) is 17.2. The van der Waals surface area contributed by atoms with Gasteiger partial charge in [-0.25, -0.2) is 4.39 Å². The van der Waals surface area contributed by atoms with E-state index in [1.165, 1.54) is 12.1 Å². The van der Waals surface area contributed by atoms with Crippen LogP contribution in [-0.2, 0) is 9.59 Å². The number of nitrogens with zero attached hydrogens (tertiary/aromatic N) is 3. The third-order valence-corrected chi connectivity index (χ3v) is 5.61. The van der Waals surface area contributed by atoms with Crippen LogP contribution >= 0.6 is 0 Å². The number of anilines is 2. The zero-order chi connectivity index (χ0) is 21.8. The van der Waals surface area contributed by atoms with Gasteiger partial charge in [-0.05, 0) is 42.8 Å². The largest absolute Gasteiger partial charge is 0.336 e. The molecular formula is C23H25FN4O3. The Balaban J connectivity index is 1.30. The molecule has 31 heavy (non-hydrogen) atoms. The highest BCUT2D eigenvalue weighted by molar-refractivity contribution is 5.99. The highest BCUT2D eigenvalue weighted by atomic mass is 19.1. The van der Waals surface area contributed by atoms with Crippen molar-refractivity contribution < 1.29 is 18.8 Å². The van der Waals surface area contributed by atoms with E-state index in [0.717, 1.165) is 12.1 Å². The average molecular weight is 424 g/mol. The molecule has 0 radical (unpaired) electrons. The van der Waals surface area contributed by atoms with E-state index in [1.807, 2.05) is 11.0 Å². The summed E-state index contributed by atoms with van der Waals surface area (Å²) in [7, 11) is 0. The smallest absolute Gasteiger partial charge is 0.254 e. The van der Waals surface area contributed by atoms with Gasteiger partial charge in [-0.2, -0.15) is 0 Å². The van der Waals surface area contributed by atoms with Gasteiger partial charge in [-0.1, -0.05) is 12.1 Å². The van der Waals surface area contributed by atoms with Crippen LogP contribution in [0.25, 0.3) is 0 Å². The third-order valence-electron chi connectivity index (χ3n) is 5.61. The monoisotopic (exact) mass is 424 g/mol. The van der Waals surface area contributed by atoms with Gasteiger partial charge < -0.3 is 15.1 Å². The summed E-state index contributed by atoms with van der Waals surface area (Å²) in [6, 6.07) is 13.0. The van der Waals surface area contributed by atoms with Gasteiger partial charge in [0.1, 0.15) is 5.82 Å². The summed E-state index contributed by atoms with van der Waals surface area (Å²) in [6.07, 6.45) is 1.39. The molecule has 0 aromatic heterocycles. The molecule has 0 bridgehead atoms. The minimum atomic E-state index is -0.400. The summed E-state index contributed by atoms with van der Waals surface area (Å²) >= 11 is 0. The maximum absolute atomic E-state index is 13.2. The molecule has 0 unspecified atom stereocenters. The molecule has 2 fully saturated rings. The average Bonchev–Trinajstić information content (AvgIpc) is 3.20. The SMILES string of the molecule is O=C(CN1CCN(C(=O)c2cccc(N3CCCC3=O)c2)CC1)Nc1cccc(F)c1. The van der Waals surface area contributed by atoms with Gasteiger partial charge in [0.2, 0.25) is 11.8 Å². The van der Waals surface area contributed by atoms with Crippen LogP contribution in [0.15, 0.2) is 48.5 Å². The van der Waals surface area contributed by atoms with Crippen molar-refractivity contribution in [3.8, 4) is 0 Å². The van der Waals surface area contributed by atoms with Gasteiger partial charge in [-0.3, -0.25) is 19.3 Å². The number of hydrogen-bond acceptors (Lipinski definition) is 4. The fourth-order valence-corrected chi connectivity index (χ4v) is 3.99. The van der Waals surface area contributed by atoms with Gasteiger partial charge in [0.05, 0.1) is 6.54 Å². The van der Waals surface area contributed by atoms with Crippen molar-refractivity contribution in [3.05, 3.63) is 59.9 Å². The molecule has 0 saturated carbocycles. The molecule has 2 aliphatic rings. The quantitative estimate of drug-likeness (QED) is 0.800. The standard InChI is InChI=1S/C23H25FN4O3/c24-18-5-2-6-19(15-18)25-21(29)16-26-10-12-27(13-11-26)23(31)17-4-1-7-20(14-17)28-9-3-8-22(28)30/h1-2,4-7,14-15H,3,8-13,16H2,(H,25,29). The van der Waals surface area contributed by atoms with Crippen LogP contribution < -0.4 is 10.2 Å². The second-order valence-electron chi connectivity index (χ2n) is 7.83. The summed E-state index contributed by atoms with van der Waals surface area (Å²) in [5.74, 6) is -0.594. The molecule has 2 heterocycles. The normalized spacial score (nSPS) is 17.1. The number of amides is 3. The number of benzene rings is 2. The summed E-state index contributed by atoms with van der Waals surface area (Å²) in [5.41, 5.74) is 1.76. The minimum absolute atomic E-state index is 0.0719. The second-order valence-corrected chi connectivity index (χ2v) is 7.83. The molecule has 2 saturated heterocycles. The Morgan fingerprint density at radius 1 is 0.968 bits per heavy atom. The van der Waals surface area contributed by atoms with E-state index in [-0.39, 0.29) is 24.3 Å². The molecule has 0 spiro atoms. The van der Waals surface area contributed by atoms with E-state index in [4.69, 9.17) is 0 Å². The number of rotatable bonds is 5. The number of nitrogens with one attached hydrogen (secondary N) is 1. The van der Waals surface area contributed by atoms with Crippen molar-refractivity contribution in [2.45, 2.75) is 12.8 Å². The van der Waals surface area contributed by atoms with Crippen molar-refractivity contribution in [1.82, 2.24) is 9.80 Å². The van der Waals surface area contributed by atoms with Gasteiger partial charge in [0.15, 0.2) is 0 Å². The van der Waals surface area contributed by atoms with Gasteiger partial charge in [0.25, 0.3) is 5.91 Å². The first-order valence-corrected chi connectivity index (χ1v) is 10.5. The van der Waals surface area contributed by atoms with E-state index < -0.39 is 5.82 Å². The van der Waals surface area contributed by atoms with Crippen LogP contribution in [0.5, 0.6) is 0 Å². The predicted octanol–water partition coefficient (Wildman–Crippen LogP) is 2.35. The Hall–Kier alpha value is -3.26. The fourth-order valence-electron chi connectivity index (χ4n) is 3.99. The molecule has 0 aliphatic carbocycles. The lowest BCUT2D eigenvalue weighted by Crippen LogP contribution is -2.50. The molecule has 2 aromatic rings. The fraction of sp³-hybridized carbons (Fsp3) is 0.348. The first kappa shape index (κ1) is 21.0. The molecular weight excluding hydrogens is 399 g/mol. The maximum atomic E-state index is 13.2. The van der Waals surface area contributed by atoms with Crippen molar-refractivity contribution in [2.75, 3.05) is 49.5 Å². The third kappa shape index (κ3) is 5.08. The lowest BCUT2D eigenvalue weighted by molar-refractivity contribution is -0.118. The molecule has 2 aliphatic heterocycles. The topological polar surface area (TPSA) is 73.0 Å². The molecule has 7 nitrogen and oxygen atoms in total. The van der Waals surface area contributed by atoms with Crippen LogP contribution in [0.4, 0.5) is 15.8 Å². The van der Waals surface area contributed by atoms with E-state index in [9.17, 15) is 18.8 Å².